The number of amides is 1. The Labute approximate surface area is 204 Å². The first-order valence-electron chi connectivity index (χ1n) is 11.9. The van der Waals surface area contributed by atoms with E-state index in [1.54, 1.807) is 24.5 Å². The van der Waals surface area contributed by atoms with Crippen LogP contribution in [0.5, 0.6) is 5.75 Å². The zero-order chi connectivity index (χ0) is 24.7. The largest absolute Gasteiger partial charge is 0.507 e. The van der Waals surface area contributed by atoms with Gasteiger partial charge in [0.05, 0.1) is 11.6 Å². The van der Waals surface area contributed by atoms with E-state index in [0.717, 1.165) is 34.4 Å². The molecule has 178 valence electrons. The number of nitrogens with zero attached hydrogens (tertiary/aromatic N) is 2. The van der Waals surface area contributed by atoms with E-state index in [1.807, 2.05) is 49.4 Å². The van der Waals surface area contributed by atoms with Gasteiger partial charge in [-0.1, -0.05) is 44.2 Å². The molecule has 0 unspecified atom stereocenters. The standard InChI is InChI=1S/C29H28N2O4/c1-17(2)20-6-8-21(9-7-20)26-25(27(32)22-10-11-24-23(14-22)13-18(3)35-24)28(33)29(34)31(26)16-19-5-4-12-30-15-19/h4-12,14-15,17-18,26,32H,13,16H2,1-3H3/b27-25+/t18-,26+/m1/s1. The van der Waals surface area contributed by atoms with E-state index in [0.29, 0.717) is 11.5 Å². The maximum atomic E-state index is 13.3. The molecule has 6 heteroatoms. The minimum absolute atomic E-state index is 0.0620. The highest BCUT2D eigenvalue weighted by Crippen LogP contribution is 2.41. The molecule has 2 atom stereocenters. The SMILES string of the molecule is CC(C)c1ccc([C@H]2/C(=C(\O)c3ccc4c(c3)C[C@@H](C)O4)C(=O)C(=O)N2Cc2cccnc2)cc1. The Morgan fingerprint density at radius 1 is 1.14 bits per heavy atom. The van der Waals surface area contributed by atoms with E-state index in [9.17, 15) is 14.7 Å². The average Bonchev–Trinajstić information content (AvgIpc) is 3.35. The predicted molar refractivity (Wildman–Crippen MR) is 133 cm³/mol. The monoisotopic (exact) mass is 468 g/mol. The number of ketones is 1. The molecule has 2 aromatic carbocycles. The summed E-state index contributed by atoms with van der Waals surface area (Å²) >= 11 is 0. The summed E-state index contributed by atoms with van der Waals surface area (Å²) in [5.74, 6) is -0.355. The lowest BCUT2D eigenvalue weighted by molar-refractivity contribution is -0.140. The van der Waals surface area contributed by atoms with Gasteiger partial charge in [-0.3, -0.25) is 14.6 Å². The van der Waals surface area contributed by atoms with Crippen molar-refractivity contribution in [2.24, 2.45) is 0 Å². The van der Waals surface area contributed by atoms with E-state index in [2.05, 4.69) is 18.8 Å². The molecule has 0 spiro atoms. The van der Waals surface area contributed by atoms with Gasteiger partial charge in [-0.25, -0.2) is 0 Å². The van der Waals surface area contributed by atoms with E-state index in [4.69, 9.17) is 4.74 Å². The van der Waals surface area contributed by atoms with E-state index >= 15 is 0 Å². The highest BCUT2D eigenvalue weighted by molar-refractivity contribution is 6.46. The minimum Gasteiger partial charge on any atom is -0.507 e. The van der Waals surface area contributed by atoms with Gasteiger partial charge in [0.2, 0.25) is 0 Å². The number of carbonyl (C=O) groups excluding carboxylic acids is 2. The lowest BCUT2D eigenvalue weighted by Crippen LogP contribution is -2.29. The van der Waals surface area contributed by atoms with Gasteiger partial charge in [-0.2, -0.15) is 0 Å². The number of aliphatic hydroxyl groups excluding tert-OH is 1. The van der Waals surface area contributed by atoms with Crippen LogP contribution in [0.15, 0.2) is 72.6 Å². The van der Waals surface area contributed by atoms with Gasteiger partial charge < -0.3 is 14.7 Å². The van der Waals surface area contributed by atoms with Gasteiger partial charge in [0.1, 0.15) is 17.6 Å². The number of benzene rings is 2. The molecule has 1 aromatic heterocycles. The van der Waals surface area contributed by atoms with E-state index in [-0.39, 0.29) is 24.0 Å². The predicted octanol–water partition coefficient (Wildman–Crippen LogP) is 5.15. The van der Waals surface area contributed by atoms with Gasteiger partial charge in [-0.05, 0) is 59.4 Å². The highest BCUT2D eigenvalue weighted by Gasteiger charge is 2.46. The third kappa shape index (κ3) is 4.20. The molecule has 0 saturated carbocycles. The van der Waals surface area contributed by atoms with E-state index in [1.165, 1.54) is 4.90 Å². The minimum atomic E-state index is -0.708. The van der Waals surface area contributed by atoms with Crippen molar-refractivity contribution in [3.05, 3.63) is 100 Å². The van der Waals surface area contributed by atoms with Gasteiger partial charge in [0.15, 0.2) is 0 Å². The maximum Gasteiger partial charge on any atom is 0.295 e. The molecule has 1 fully saturated rings. The first-order valence-corrected chi connectivity index (χ1v) is 11.9. The van der Waals surface area contributed by atoms with Crippen LogP contribution < -0.4 is 4.74 Å². The molecule has 1 saturated heterocycles. The van der Waals surface area contributed by atoms with Crippen LogP contribution in [0.1, 0.15) is 60.5 Å². The second-order valence-corrected chi connectivity index (χ2v) is 9.56. The Kier molecular flexibility index (Phi) is 5.89. The number of aliphatic hydroxyl groups is 1. The smallest absolute Gasteiger partial charge is 0.295 e. The Morgan fingerprint density at radius 2 is 1.91 bits per heavy atom. The fourth-order valence-electron chi connectivity index (χ4n) is 4.87. The van der Waals surface area contributed by atoms with Crippen LogP contribution in [0.4, 0.5) is 0 Å². The summed E-state index contributed by atoms with van der Waals surface area (Å²) < 4.78 is 5.78. The van der Waals surface area contributed by atoms with Crippen LogP contribution in [0.3, 0.4) is 0 Å². The maximum absolute atomic E-state index is 13.3. The third-order valence-corrected chi connectivity index (χ3v) is 6.70. The van der Waals surface area contributed by atoms with Crippen molar-refractivity contribution in [3.8, 4) is 5.75 Å². The number of rotatable bonds is 5. The first-order chi connectivity index (χ1) is 16.8. The summed E-state index contributed by atoms with van der Waals surface area (Å²) in [4.78, 5) is 32.2. The fraction of sp³-hybridized carbons (Fsp3) is 0.276. The van der Waals surface area contributed by atoms with Gasteiger partial charge >= 0.3 is 0 Å². The number of hydrogen-bond donors (Lipinski definition) is 1. The molecule has 3 heterocycles. The van der Waals surface area contributed by atoms with Crippen molar-refractivity contribution in [2.45, 2.75) is 51.8 Å². The highest BCUT2D eigenvalue weighted by atomic mass is 16.5. The molecule has 6 nitrogen and oxygen atoms in total. The third-order valence-electron chi connectivity index (χ3n) is 6.70. The van der Waals surface area contributed by atoms with Gasteiger partial charge in [0, 0.05) is 30.9 Å². The van der Waals surface area contributed by atoms with Crippen molar-refractivity contribution in [3.63, 3.8) is 0 Å². The molecule has 2 aliphatic heterocycles. The number of Topliss-reactive ketones (excluding diaryl/α,β-unsaturated/α-hetero) is 1. The number of hydrogen-bond acceptors (Lipinski definition) is 5. The summed E-state index contributed by atoms with van der Waals surface area (Å²) in [6.07, 6.45) is 4.14. The summed E-state index contributed by atoms with van der Waals surface area (Å²) in [6.45, 7) is 6.43. The lowest BCUT2D eigenvalue weighted by Gasteiger charge is -2.25. The second-order valence-electron chi connectivity index (χ2n) is 9.56. The number of likely N-dealkylation sites (tertiary alicyclic amines) is 1. The lowest BCUT2D eigenvalue weighted by atomic mass is 9.92. The number of carbonyl (C=O) groups is 2. The Bertz CT molecular complexity index is 1310. The summed E-state index contributed by atoms with van der Waals surface area (Å²) in [6, 6.07) is 16.3. The van der Waals surface area contributed by atoms with Crippen LogP contribution in [-0.4, -0.2) is 32.8 Å². The molecule has 35 heavy (non-hydrogen) atoms. The summed E-state index contributed by atoms with van der Waals surface area (Å²) in [5, 5.41) is 11.4. The molecular formula is C29H28N2O4. The molecule has 0 aliphatic carbocycles. The second kappa shape index (κ2) is 9.02. The number of aromatic nitrogens is 1. The van der Waals surface area contributed by atoms with Crippen molar-refractivity contribution in [1.82, 2.24) is 9.88 Å². The molecule has 5 rings (SSSR count). The summed E-state index contributed by atoms with van der Waals surface area (Å²) in [5.41, 5.74) is 4.32. The Morgan fingerprint density at radius 3 is 2.60 bits per heavy atom. The molecule has 1 amide bonds. The zero-order valence-electron chi connectivity index (χ0n) is 20.1. The number of pyridine rings is 1. The van der Waals surface area contributed by atoms with Crippen LogP contribution in [0.25, 0.3) is 5.76 Å². The molecule has 2 aliphatic rings. The van der Waals surface area contributed by atoms with Crippen molar-refractivity contribution < 1.29 is 19.4 Å². The normalized spacial score (nSPS) is 20.9. The van der Waals surface area contributed by atoms with Crippen molar-refractivity contribution in [1.29, 1.82) is 0 Å². The average molecular weight is 469 g/mol. The van der Waals surface area contributed by atoms with Crippen LogP contribution in [0.2, 0.25) is 0 Å². The topological polar surface area (TPSA) is 79.7 Å². The number of ether oxygens (including phenoxy) is 1. The summed E-state index contributed by atoms with van der Waals surface area (Å²) in [7, 11) is 0. The van der Waals surface area contributed by atoms with Gasteiger partial charge in [0.25, 0.3) is 11.7 Å². The van der Waals surface area contributed by atoms with Crippen LogP contribution in [-0.2, 0) is 22.6 Å². The Balaban J connectivity index is 1.62. The van der Waals surface area contributed by atoms with E-state index < -0.39 is 17.7 Å². The van der Waals surface area contributed by atoms with Gasteiger partial charge in [-0.15, -0.1) is 0 Å². The fourth-order valence-corrected chi connectivity index (χ4v) is 4.87. The van der Waals surface area contributed by atoms with Crippen LogP contribution in [0, 0.1) is 0 Å². The van der Waals surface area contributed by atoms with Crippen molar-refractivity contribution >= 4 is 17.4 Å². The number of fused-ring (bicyclic) bond motifs is 1. The van der Waals surface area contributed by atoms with Crippen LogP contribution >= 0.6 is 0 Å². The quantitative estimate of drug-likeness (QED) is 0.318. The molecule has 3 aromatic rings. The molecule has 0 bridgehead atoms. The molecule has 1 N–H and O–H groups in total. The molecule has 0 radical (unpaired) electrons. The molecular weight excluding hydrogens is 440 g/mol. The Hall–Kier alpha value is -3.93. The van der Waals surface area contributed by atoms with Crippen molar-refractivity contribution in [2.75, 3.05) is 0 Å². The first kappa shape index (κ1) is 22.8. The zero-order valence-corrected chi connectivity index (χ0v) is 20.1.